The average Bonchev–Trinajstić information content (AvgIpc) is 2.89. The number of sulfonamides is 1. The lowest BCUT2D eigenvalue weighted by atomic mass is 10.1. The summed E-state index contributed by atoms with van der Waals surface area (Å²) in [4.78, 5) is 29.1. The molecule has 0 saturated carbocycles. The Balaban J connectivity index is 2.08. The lowest BCUT2D eigenvalue weighted by Crippen LogP contribution is -2.55. The molecule has 7 nitrogen and oxygen atoms in total. The number of hydrogen-bond acceptors (Lipinski definition) is 4. The largest absolute Gasteiger partial charge is 0.350 e. The molecule has 0 aliphatic heterocycles. The van der Waals surface area contributed by atoms with E-state index in [1.807, 2.05) is 78.8 Å². The summed E-state index contributed by atoms with van der Waals surface area (Å²) in [5, 5.41) is 2.99. The lowest BCUT2D eigenvalue weighted by molar-refractivity contribution is -0.141. The molecule has 0 saturated heterocycles. The van der Waals surface area contributed by atoms with Crippen molar-refractivity contribution in [1.82, 2.24) is 10.2 Å². The third kappa shape index (κ3) is 7.72. The van der Waals surface area contributed by atoms with Crippen molar-refractivity contribution in [3.8, 4) is 0 Å². The highest BCUT2D eigenvalue weighted by Crippen LogP contribution is 2.27. The fourth-order valence-corrected chi connectivity index (χ4v) is 5.82. The minimum absolute atomic E-state index is 0.0867. The molecule has 1 N–H and O–H groups in total. The van der Waals surface area contributed by atoms with Crippen LogP contribution < -0.4 is 9.62 Å². The van der Waals surface area contributed by atoms with Crippen molar-refractivity contribution in [3.63, 3.8) is 0 Å². The Kier molecular flexibility index (Phi) is 9.79. The molecule has 214 valence electrons. The van der Waals surface area contributed by atoms with Crippen LogP contribution in [0.4, 0.5) is 5.69 Å². The summed E-state index contributed by atoms with van der Waals surface area (Å²) in [6.07, 6.45) is 0.370. The Morgan fingerprint density at radius 3 is 2.05 bits per heavy atom. The maximum atomic E-state index is 14.1. The van der Waals surface area contributed by atoms with Crippen molar-refractivity contribution in [1.29, 1.82) is 0 Å². The third-order valence-corrected chi connectivity index (χ3v) is 8.53. The first-order valence-electron chi connectivity index (χ1n) is 13.5. The molecule has 1 unspecified atom stereocenters. The normalized spacial score (nSPS) is 12.5. The molecule has 1 atom stereocenters. The van der Waals surface area contributed by atoms with Gasteiger partial charge >= 0.3 is 0 Å². The average molecular weight is 564 g/mol. The molecule has 0 spiro atoms. The molecule has 40 heavy (non-hydrogen) atoms. The number of carbonyl (C=O) groups is 2. The molecule has 3 aromatic rings. The smallest absolute Gasteiger partial charge is 0.264 e. The van der Waals surface area contributed by atoms with Crippen molar-refractivity contribution in [3.05, 3.63) is 95.1 Å². The monoisotopic (exact) mass is 563 g/mol. The molecule has 0 heterocycles. The predicted molar refractivity (Wildman–Crippen MR) is 161 cm³/mol. The molecule has 0 bridgehead atoms. The first kappa shape index (κ1) is 30.9. The van der Waals surface area contributed by atoms with E-state index in [0.717, 1.165) is 26.6 Å². The van der Waals surface area contributed by atoms with Crippen LogP contribution in [0.25, 0.3) is 0 Å². The van der Waals surface area contributed by atoms with Crippen molar-refractivity contribution < 1.29 is 18.0 Å². The SMILES string of the molecule is CCC(C(=O)NC(C)(C)C)N(Cc1ccc(C)cc1)C(=O)CN(c1ccc(C)c(C)c1)S(=O)(=O)c1ccccc1. The van der Waals surface area contributed by atoms with Crippen LogP contribution in [0.1, 0.15) is 56.4 Å². The maximum Gasteiger partial charge on any atom is 0.264 e. The van der Waals surface area contributed by atoms with E-state index in [4.69, 9.17) is 0 Å². The minimum atomic E-state index is -4.09. The van der Waals surface area contributed by atoms with Crippen molar-refractivity contribution in [2.45, 2.75) is 77.9 Å². The van der Waals surface area contributed by atoms with E-state index in [-0.39, 0.29) is 17.3 Å². The number of amides is 2. The van der Waals surface area contributed by atoms with Gasteiger partial charge in [0.15, 0.2) is 0 Å². The van der Waals surface area contributed by atoms with E-state index in [0.29, 0.717) is 12.1 Å². The van der Waals surface area contributed by atoms with E-state index in [2.05, 4.69) is 5.32 Å². The topological polar surface area (TPSA) is 86.8 Å². The van der Waals surface area contributed by atoms with E-state index in [1.54, 1.807) is 30.3 Å². The third-order valence-electron chi connectivity index (χ3n) is 6.75. The summed E-state index contributed by atoms with van der Waals surface area (Å²) in [7, 11) is -4.09. The molecule has 3 aromatic carbocycles. The molecule has 0 fully saturated rings. The Hall–Kier alpha value is -3.65. The maximum absolute atomic E-state index is 14.1. The number of carbonyl (C=O) groups excluding carboxylic acids is 2. The fraction of sp³-hybridized carbons (Fsp3) is 0.375. The molecule has 0 radical (unpaired) electrons. The van der Waals surface area contributed by atoms with Crippen LogP contribution in [-0.4, -0.2) is 43.3 Å². The molecular formula is C32H41N3O4S. The first-order chi connectivity index (χ1) is 18.7. The molecule has 3 rings (SSSR count). The second-order valence-electron chi connectivity index (χ2n) is 11.3. The zero-order valence-electron chi connectivity index (χ0n) is 24.6. The molecular weight excluding hydrogens is 522 g/mol. The van der Waals surface area contributed by atoms with Crippen molar-refractivity contribution in [2.75, 3.05) is 10.8 Å². The Morgan fingerprint density at radius 1 is 0.875 bits per heavy atom. The van der Waals surface area contributed by atoms with Crippen LogP contribution in [0, 0.1) is 20.8 Å². The summed E-state index contributed by atoms with van der Waals surface area (Å²) in [5.74, 6) is -0.742. The highest BCUT2D eigenvalue weighted by molar-refractivity contribution is 7.92. The summed E-state index contributed by atoms with van der Waals surface area (Å²) in [6.45, 7) is 13.1. The van der Waals surface area contributed by atoms with Crippen LogP contribution in [0.2, 0.25) is 0 Å². The fourth-order valence-electron chi connectivity index (χ4n) is 4.39. The van der Waals surface area contributed by atoms with Crippen molar-refractivity contribution >= 4 is 27.5 Å². The summed E-state index contributed by atoms with van der Waals surface area (Å²) >= 11 is 0. The summed E-state index contributed by atoms with van der Waals surface area (Å²) in [5.41, 5.74) is 3.75. The molecule has 0 aromatic heterocycles. The predicted octanol–water partition coefficient (Wildman–Crippen LogP) is 5.53. The van der Waals surface area contributed by atoms with Gasteiger partial charge in [0.05, 0.1) is 10.6 Å². The lowest BCUT2D eigenvalue weighted by Gasteiger charge is -2.35. The quantitative estimate of drug-likeness (QED) is 0.352. The van der Waals surface area contributed by atoms with Gasteiger partial charge in [-0.25, -0.2) is 8.42 Å². The Morgan fingerprint density at radius 2 is 1.50 bits per heavy atom. The molecule has 0 aliphatic carbocycles. The van der Waals surface area contributed by atoms with E-state index >= 15 is 0 Å². The highest BCUT2D eigenvalue weighted by atomic mass is 32.2. The summed E-state index contributed by atoms with van der Waals surface area (Å²) in [6, 6.07) is 20.4. The number of nitrogens with zero attached hydrogens (tertiary/aromatic N) is 2. The summed E-state index contributed by atoms with van der Waals surface area (Å²) < 4.78 is 29.0. The molecule has 2 amide bonds. The Labute approximate surface area is 239 Å². The van der Waals surface area contributed by atoms with E-state index < -0.39 is 34.1 Å². The Bertz CT molecular complexity index is 1430. The minimum Gasteiger partial charge on any atom is -0.350 e. The van der Waals surface area contributed by atoms with Crippen molar-refractivity contribution in [2.24, 2.45) is 0 Å². The van der Waals surface area contributed by atoms with Gasteiger partial charge in [0.1, 0.15) is 12.6 Å². The zero-order valence-corrected chi connectivity index (χ0v) is 25.4. The van der Waals surface area contributed by atoms with E-state index in [1.165, 1.54) is 17.0 Å². The second kappa shape index (κ2) is 12.7. The number of anilines is 1. The van der Waals surface area contributed by atoms with Gasteiger partial charge in [-0.1, -0.05) is 61.0 Å². The number of rotatable bonds is 10. The number of benzene rings is 3. The zero-order chi connectivity index (χ0) is 29.7. The van der Waals surface area contributed by atoms with Crippen LogP contribution in [0.15, 0.2) is 77.7 Å². The van der Waals surface area contributed by atoms with Crippen LogP contribution in [-0.2, 0) is 26.2 Å². The van der Waals surface area contributed by atoms with Gasteiger partial charge in [-0.3, -0.25) is 13.9 Å². The molecule has 8 heteroatoms. The van der Waals surface area contributed by atoms with Crippen LogP contribution in [0.5, 0.6) is 0 Å². The van der Waals surface area contributed by atoms with Crippen LogP contribution >= 0.6 is 0 Å². The van der Waals surface area contributed by atoms with Gasteiger partial charge in [0.25, 0.3) is 10.0 Å². The number of aryl methyl sites for hydroxylation is 3. The van der Waals surface area contributed by atoms with E-state index in [9.17, 15) is 18.0 Å². The van der Waals surface area contributed by atoms with Gasteiger partial charge in [-0.15, -0.1) is 0 Å². The van der Waals surface area contributed by atoms with Gasteiger partial charge in [-0.2, -0.15) is 0 Å². The van der Waals surface area contributed by atoms with Gasteiger partial charge in [-0.05, 0) is 88.9 Å². The number of hydrogen-bond donors (Lipinski definition) is 1. The molecule has 0 aliphatic rings. The van der Waals surface area contributed by atoms with Gasteiger partial charge < -0.3 is 10.2 Å². The van der Waals surface area contributed by atoms with Gasteiger partial charge in [0, 0.05) is 12.1 Å². The van der Waals surface area contributed by atoms with Gasteiger partial charge in [0.2, 0.25) is 11.8 Å². The second-order valence-corrected chi connectivity index (χ2v) is 13.1. The first-order valence-corrected chi connectivity index (χ1v) is 15.0. The number of nitrogens with one attached hydrogen (secondary N) is 1. The van der Waals surface area contributed by atoms with Crippen LogP contribution in [0.3, 0.4) is 0 Å². The highest BCUT2D eigenvalue weighted by Gasteiger charge is 2.34. The standard InChI is InChI=1S/C32H41N3O4S/c1-8-29(31(37)33-32(5,6)7)34(21-26-17-14-23(2)15-18-26)30(36)22-35(27-19-16-24(3)25(4)20-27)40(38,39)28-12-10-9-11-13-28/h9-20,29H,8,21-22H2,1-7H3,(H,33,37).